The third kappa shape index (κ3) is 4.01. The lowest BCUT2D eigenvalue weighted by Gasteiger charge is -2.18. The Morgan fingerprint density at radius 1 is 1.10 bits per heavy atom. The van der Waals surface area contributed by atoms with Crippen molar-refractivity contribution in [2.45, 2.75) is 32.2 Å². The Kier molecular flexibility index (Phi) is 6.37. The molecule has 31 heavy (non-hydrogen) atoms. The number of sulfonamides is 1. The number of azo groups is 1. The largest absolute Gasteiger partial charge is 0.493 e. The number of rotatable bonds is 8. The van der Waals surface area contributed by atoms with Gasteiger partial charge in [0.15, 0.2) is 11.4 Å². The molecule has 0 saturated carbocycles. The van der Waals surface area contributed by atoms with Crippen LogP contribution in [0.1, 0.15) is 20.8 Å². The summed E-state index contributed by atoms with van der Waals surface area (Å²) in [6.07, 6.45) is 0. The molecule has 164 valence electrons. The number of fused-ring (bicyclic) bond motifs is 1. The summed E-state index contributed by atoms with van der Waals surface area (Å²) in [4.78, 5) is 10.7. The third-order valence-corrected chi connectivity index (χ3v) is 7.02. The van der Waals surface area contributed by atoms with E-state index in [4.69, 9.17) is 0 Å². The lowest BCUT2D eigenvalue weighted by atomic mass is 10.2. The standard InChI is InChI=1S/C20H23N5O5S/c1-4-23(5-2)31(29,30)14-11-12-16(18(13-14)25(27)28)21-22-19-15-9-7-8-10-17(15)24(6-3)20(19)26/h7-13,26H,4-6H2,1-3H3. The maximum atomic E-state index is 12.7. The Hall–Kier alpha value is -3.31. The lowest BCUT2D eigenvalue weighted by Crippen LogP contribution is -2.30. The first-order chi connectivity index (χ1) is 14.8. The monoisotopic (exact) mass is 445 g/mol. The molecular formula is C20H23N5O5S. The van der Waals surface area contributed by atoms with Gasteiger partial charge in [0.1, 0.15) is 0 Å². The number of nitro groups is 1. The summed E-state index contributed by atoms with van der Waals surface area (Å²) in [5.74, 6) is -0.101. The molecule has 3 rings (SSSR count). The minimum atomic E-state index is -3.86. The zero-order valence-corrected chi connectivity index (χ0v) is 18.2. The van der Waals surface area contributed by atoms with E-state index in [1.54, 1.807) is 30.5 Å². The molecule has 1 heterocycles. The summed E-state index contributed by atoms with van der Waals surface area (Å²) in [5.41, 5.74) is 0.338. The molecule has 10 nitrogen and oxygen atoms in total. The van der Waals surface area contributed by atoms with Gasteiger partial charge >= 0.3 is 0 Å². The number of benzene rings is 2. The SMILES string of the molecule is CCN(CC)S(=O)(=O)c1ccc(N=Nc2c(O)n(CC)c3ccccc23)c([N+](=O)[O-])c1. The minimum Gasteiger partial charge on any atom is -0.493 e. The smallest absolute Gasteiger partial charge is 0.298 e. The molecule has 0 atom stereocenters. The van der Waals surface area contributed by atoms with Gasteiger partial charge in [-0.3, -0.25) is 10.1 Å². The van der Waals surface area contributed by atoms with Gasteiger partial charge in [-0.2, -0.15) is 4.31 Å². The second-order valence-corrected chi connectivity index (χ2v) is 8.57. The van der Waals surface area contributed by atoms with E-state index < -0.39 is 20.6 Å². The van der Waals surface area contributed by atoms with Gasteiger partial charge in [0, 0.05) is 31.1 Å². The third-order valence-electron chi connectivity index (χ3n) is 4.98. The predicted octanol–water partition coefficient (Wildman–Crippen LogP) is 4.72. The van der Waals surface area contributed by atoms with Crippen LogP contribution in [0.25, 0.3) is 10.9 Å². The fourth-order valence-corrected chi connectivity index (χ4v) is 4.88. The number of aromatic nitrogens is 1. The van der Waals surface area contributed by atoms with Crippen LogP contribution >= 0.6 is 0 Å². The van der Waals surface area contributed by atoms with Crippen LogP contribution in [0.4, 0.5) is 17.1 Å². The molecule has 0 aliphatic rings. The van der Waals surface area contributed by atoms with Crippen molar-refractivity contribution < 1.29 is 18.4 Å². The number of aromatic hydroxyl groups is 1. The van der Waals surface area contributed by atoms with Crippen LogP contribution in [0.5, 0.6) is 5.88 Å². The van der Waals surface area contributed by atoms with Crippen LogP contribution in [0.2, 0.25) is 0 Å². The van der Waals surface area contributed by atoms with Crippen LogP contribution in [0.3, 0.4) is 0 Å². The highest BCUT2D eigenvalue weighted by Crippen LogP contribution is 2.40. The van der Waals surface area contributed by atoms with Crippen molar-refractivity contribution >= 4 is 38.0 Å². The second-order valence-electron chi connectivity index (χ2n) is 6.63. The maximum Gasteiger partial charge on any atom is 0.298 e. The van der Waals surface area contributed by atoms with E-state index in [9.17, 15) is 23.6 Å². The molecule has 0 saturated heterocycles. The van der Waals surface area contributed by atoms with Gasteiger partial charge in [-0.1, -0.05) is 32.0 Å². The summed E-state index contributed by atoms with van der Waals surface area (Å²) in [6, 6.07) is 10.7. The van der Waals surface area contributed by atoms with Crippen LogP contribution in [0, 0.1) is 10.1 Å². The maximum absolute atomic E-state index is 12.7. The summed E-state index contributed by atoms with van der Waals surface area (Å²) in [7, 11) is -3.86. The number of para-hydroxylation sites is 1. The summed E-state index contributed by atoms with van der Waals surface area (Å²) in [5, 5.41) is 30.8. The molecular weight excluding hydrogens is 422 g/mol. The number of hydrogen-bond donors (Lipinski definition) is 1. The predicted molar refractivity (Wildman–Crippen MR) is 117 cm³/mol. The van der Waals surface area contributed by atoms with Crippen molar-refractivity contribution in [1.29, 1.82) is 0 Å². The summed E-state index contributed by atoms with van der Waals surface area (Å²) < 4.78 is 28.3. The highest BCUT2D eigenvalue weighted by atomic mass is 32.2. The number of nitrogens with zero attached hydrogens (tertiary/aromatic N) is 5. The molecule has 0 spiro atoms. The zero-order chi connectivity index (χ0) is 22.8. The van der Waals surface area contributed by atoms with Crippen molar-refractivity contribution in [3.05, 3.63) is 52.6 Å². The first-order valence-corrected chi connectivity index (χ1v) is 11.2. The number of aryl methyl sites for hydroxylation is 1. The fraction of sp³-hybridized carbons (Fsp3) is 0.300. The van der Waals surface area contributed by atoms with Gasteiger partial charge in [-0.15, -0.1) is 10.2 Å². The van der Waals surface area contributed by atoms with Gasteiger partial charge in [0.05, 0.1) is 15.3 Å². The van der Waals surface area contributed by atoms with Gasteiger partial charge in [0.25, 0.3) is 5.69 Å². The summed E-state index contributed by atoms with van der Waals surface area (Å²) >= 11 is 0. The molecule has 3 aromatic rings. The molecule has 0 amide bonds. The molecule has 2 aromatic carbocycles. The number of nitro benzene ring substituents is 1. The molecule has 0 radical (unpaired) electrons. The van der Waals surface area contributed by atoms with Crippen molar-refractivity contribution in [3.63, 3.8) is 0 Å². The highest BCUT2D eigenvalue weighted by molar-refractivity contribution is 7.89. The van der Waals surface area contributed by atoms with Crippen LogP contribution in [0.15, 0.2) is 57.6 Å². The normalized spacial score (nSPS) is 12.3. The van der Waals surface area contributed by atoms with Gasteiger partial charge < -0.3 is 9.67 Å². The van der Waals surface area contributed by atoms with Crippen LogP contribution in [-0.2, 0) is 16.6 Å². The van der Waals surface area contributed by atoms with E-state index >= 15 is 0 Å². The molecule has 1 aromatic heterocycles. The van der Waals surface area contributed by atoms with Gasteiger partial charge in [-0.05, 0) is 25.1 Å². The van der Waals surface area contributed by atoms with Gasteiger partial charge in [-0.25, -0.2) is 8.42 Å². The number of hydrogen-bond acceptors (Lipinski definition) is 7. The average Bonchev–Trinajstić information content (AvgIpc) is 3.03. The highest BCUT2D eigenvalue weighted by Gasteiger charge is 2.26. The molecule has 0 bridgehead atoms. The van der Waals surface area contributed by atoms with Crippen molar-refractivity contribution in [3.8, 4) is 5.88 Å². The molecule has 0 unspecified atom stereocenters. The Morgan fingerprint density at radius 2 is 1.77 bits per heavy atom. The first-order valence-electron chi connectivity index (χ1n) is 9.76. The Labute approximate surface area is 179 Å². The molecule has 0 aliphatic heterocycles. The Bertz CT molecular complexity index is 1260. The van der Waals surface area contributed by atoms with E-state index in [-0.39, 0.29) is 35.2 Å². The molecule has 0 fully saturated rings. The Morgan fingerprint density at radius 3 is 2.39 bits per heavy atom. The lowest BCUT2D eigenvalue weighted by molar-refractivity contribution is -0.384. The minimum absolute atomic E-state index is 0.101. The quantitative estimate of drug-likeness (QED) is 0.304. The van der Waals surface area contributed by atoms with E-state index in [1.165, 1.54) is 16.4 Å². The first kappa shape index (κ1) is 22.4. The molecule has 11 heteroatoms. The van der Waals surface area contributed by atoms with E-state index in [0.717, 1.165) is 11.6 Å². The Balaban J connectivity index is 2.09. The van der Waals surface area contributed by atoms with Crippen LogP contribution < -0.4 is 0 Å². The van der Waals surface area contributed by atoms with Gasteiger partial charge in [0.2, 0.25) is 15.9 Å². The van der Waals surface area contributed by atoms with Crippen molar-refractivity contribution in [1.82, 2.24) is 8.87 Å². The topological polar surface area (TPSA) is 130 Å². The van der Waals surface area contributed by atoms with Crippen molar-refractivity contribution in [2.75, 3.05) is 13.1 Å². The van der Waals surface area contributed by atoms with Crippen LogP contribution in [-0.4, -0.2) is 40.4 Å². The summed E-state index contributed by atoms with van der Waals surface area (Å²) in [6.45, 7) is 6.24. The molecule has 0 aliphatic carbocycles. The molecule has 1 N–H and O–H groups in total. The van der Waals surface area contributed by atoms with E-state index in [0.29, 0.717) is 11.9 Å². The van der Waals surface area contributed by atoms with E-state index in [2.05, 4.69) is 10.2 Å². The second kappa shape index (κ2) is 8.82. The van der Waals surface area contributed by atoms with Crippen molar-refractivity contribution in [2.24, 2.45) is 10.2 Å². The fourth-order valence-electron chi connectivity index (χ4n) is 3.40. The average molecular weight is 446 g/mol. The van der Waals surface area contributed by atoms with E-state index in [1.807, 2.05) is 19.1 Å². The zero-order valence-electron chi connectivity index (χ0n) is 17.4.